The van der Waals surface area contributed by atoms with Crippen molar-refractivity contribution >= 4 is 46.0 Å². The van der Waals surface area contributed by atoms with Crippen LogP contribution in [0, 0.1) is 0 Å². The first-order valence-corrected chi connectivity index (χ1v) is 7.89. The van der Waals surface area contributed by atoms with Crippen molar-refractivity contribution in [3.8, 4) is 11.5 Å². The van der Waals surface area contributed by atoms with Gasteiger partial charge in [-0.15, -0.1) is 0 Å². The number of para-hydroxylation sites is 1. The zero-order valence-corrected chi connectivity index (χ0v) is 14.6. The highest BCUT2D eigenvalue weighted by Crippen LogP contribution is 2.37. The number of aromatic nitrogens is 1. The van der Waals surface area contributed by atoms with Crippen LogP contribution in [0.4, 0.5) is 5.69 Å². The molecule has 0 saturated carbocycles. The Kier molecular flexibility index (Phi) is 4.88. The zero-order valence-electron chi connectivity index (χ0n) is 13.1. The molecule has 0 amide bonds. The van der Waals surface area contributed by atoms with Crippen molar-refractivity contribution in [2.75, 3.05) is 14.2 Å². The van der Waals surface area contributed by atoms with Crippen molar-refractivity contribution in [1.29, 1.82) is 0 Å². The minimum Gasteiger partial charge on any atom is -0.495 e. The van der Waals surface area contributed by atoms with Crippen molar-refractivity contribution in [3.63, 3.8) is 0 Å². The van der Waals surface area contributed by atoms with Gasteiger partial charge in [0.2, 0.25) is 0 Å². The van der Waals surface area contributed by atoms with Crippen molar-refractivity contribution < 1.29 is 9.47 Å². The Hall–Kier alpha value is -2.30. The fourth-order valence-corrected chi connectivity index (χ4v) is 2.71. The maximum absolute atomic E-state index is 6.25. The highest BCUT2D eigenvalue weighted by atomic mass is 35.5. The monoisotopic (exact) mass is 360 g/mol. The van der Waals surface area contributed by atoms with Crippen molar-refractivity contribution in [3.05, 3.63) is 58.2 Å². The van der Waals surface area contributed by atoms with E-state index in [0.29, 0.717) is 32.9 Å². The normalized spacial score (nSPS) is 11.2. The second-order valence-corrected chi connectivity index (χ2v) is 5.74. The highest BCUT2D eigenvalue weighted by molar-refractivity contribution is 6.33. The number of hydrogen-bond acceptors (Lipinski definition) is 4. The maximum atomic E-state index is 6.25. The summed E-state index contributed by atoms with van der Waals surface area (Å²) in [4.78, 5) is 8.83. The number of hydrogen-bond donors (Lipinski definition) is 0. The molecule has 3 rings (SSSR count). The molecule has 0 unspecified atom stereocenters. The van der Waals surface area contributed by atoms with Crippen molar-refractivity contribution in [1.82, 2.24) is 4.98 Å². The number of nitrogens with zero attached hydrogens (tertiary/aromatic N) is 2. The Morgan fingerprint density at radius 1 is 1.00 bits per heavy atom. The van der Waals surface area contributed by atoms with Crippen LogP contribution in [-0.4, -0.2) is 25.4 Å². The molecule has 0 saturated heterocycles. The average molecular weight is 361 g/mol. The number of halogens is 2. The van der Waals surface area contributed by atoms with E-state index in [9.17, 15) is 0 Å². The average Bonchev–Trinajstić information content (AvgIpc) is 2.60. The van der Waals surface area contributed by atoms with Crippen LogP contribution < -0.4 is 9.47 Å². The van der Waals surface area contributed by atoms with Crippen LogP contribution in [0.15, 0.2) is 47.5 Å². The fourth-order valence-electron chi connectivity index (χ4n) is 2.28. The number of benzene rings is 2. The van der Waals surface area contributed by atoms with Crippen LogP contribution in [0.25, 0.3) is 10.9 Å². The lowest BCUT2D eigenvalue weighted by Gasteiger charge is -2.09. The molecule has 0 aliphatic carbocycles. The van der Waals surface area contributed by atoms with E-state index in [2.05, 4.69) is 9.98 Å². The van der Waals surface area contributed by atoms with E-state index in [-0.39, 0.29) is 0 Å². The van der Waals surface area contributed by atoms with Gasteiger partial charge in [-0.3, -0.25) is 4.99 Å². The molecule has 0 spiro atoms. The second-order valence-electron chi connectivity index (χ2n) is 4.98. The smallest absolute Gasteiger partial charge is 0.146 e. The number of aliphatic imine (C=N–C) groups is 1. The molecule has 122 valence electrons. The first-order chi connectivity index (χ1) is 11.6. The summed E-state index contributed by atoms with van der Waals surface area (Å²) in [5.41, 5.74) is 2.14. The lowest BCUT2D eigenvalue weighted by molar-refractivity contribution is 0.404. The van der Waals surface area contributed by atoms with E-state index in [0.717, 1.165) is 10.9 Å². The molecule has 4 nitrogen and oxygen atoms in total. The standard InChI is InChI=1S/C18H14Cl2N2O2/c1-23-16-9-15(17(24-2)8-13(16)19)21-10-12-7-11-5-3-4-6-14(11)22-18(12)20/h3-10H,1-2H3. The van der Waals surface area contributed by atoms with Crippen LogP contribution in [0.3, 0.4) is 0 Å². The Bertz CT molecular complexity index is 926. The lowest BCUT2D eigenvalue weighted by atomic mass is 10.2. The molecule has 2 aromatic carbocycles. The molecule has 0 bridgehead atoms. The van der Waals surface area contributed by atoms with Gasteiger partial charge >= 0.3 is 0 Å². The van der Waals surface area contributed by atoms with E-state index in [1.54, 1.807) is 32.6 Å². The van der Waals surface area contributed by atoms with Crippen molar-refractivity contribution in [2.24, 2.45) is 4.99 Å². The molecule has 0 N–H and O–H groups in total. The molecule has 0 aliphatic heterocycles. The molecular formula is C18H14Cl2N2O2. The summed E-state index contributed by atoms with van der Waals surface area (Å²) in [5, 5.41) is 1.83. The molecule has 0 atom stereocenters. The molecule has 6 heteroatoms. The molecule has 3 aromatic rings. The summed E-state index contributed by atoms with van der Waals surface area (Å²) >= 11 is 12.3. The van der Waals surface area contributed by atoms with Gasteiger partial charge in [0.1, 0.15) is 22.3 Å². The van der Waals surface area contributed by atoms with Crippen LogP contribution in [0.2, 0.25) is 10.2 Å². The van der Waals surface area contributed by atoms with Gasteiger partial charge in [0, 0.05) is 29.3 Å². The third-order valence-corrected chi connectivity index (χ3v) is 4.10. The minimum absolute atomic E-state index is 0.386. The fraction of sp³-hybridized carbons (Fsp3) is 0.111. The lowest BCUT2D eigenvalue weighted by Crippen LogP contribution is -1.91. The van der Waals surface area contributed by atoms with Gasteiger partial charge in [-0.05, 0) is 12.1 Å². The van der Waals surface area contributed by atoms with Gasteiger partial charge in [0.05, 0.1) is 24.8 Å². The minimum atomic E-state index is 0.386. The Balaban J connectivity index is 2.03. The summed E-state index contributed by atoms with van der Waals surface area (Å²) < 4.78 is 10.5. The highest BCUT2D eigenvalue weighted by Gasteiger charge is 2.09. The number of pyridine rings is 1. The van der Waals surface area contributed by atoms with Crippen LogP contribution >= 0.6 is 23.2 Å². The molecule has 1 heterocycles. The number of fused-ring (bicyclic) bond motifs is 1. The number of ether oxygens (including phenoxy) is 2. The summed E-state index contributed by atoms with van der Waals surface area (Å²) in [7, 11) is 3.10. The molecular weight excluding hydrogens is 347 g/mol. The predicted octanol–water partition coefficient (Wildman–Crippen LogP) is 5.31. The first-order valence-electron chi connectivity index (χ1n) is 7.13. The topological polar surface area (TPSA) is 43.7 Å². The third-order valence-electron chi connectivity index (χ3n) is 3.50. The Labute approximate surface area is 149 Å². The van der Waals surface area contributed by atoms with Crippen LogP contribution in [0.5, 0.6) is 11.5 Å². The maximum Gasteiger partial charge on any atom is 0.146 e. The molecule has 0 fully saturated rings. The summed E-state index contributed by atoms with van der Waals surface area (Å²) in [6.07, 6.45) is 1.65. The molecule has 0 radical (unpaired) electrons. The summed E-state index contributed by atoms with van der Waals surface area (Å²) in [6, 6.07) is 13.1. The molecule has 1 aromatic heterocycles. The zero-order chi connectivity index (χ0) is 17.1. The van der Waals surface area contributed by atoms with E-state index < -0.39 is 0 Å². The van der Waals surface area contributed by atoms with Gasteiger partial charge < -0.3 is 9.47 Å². The number of rotatable bonds is 4. The van der Waals surface area contributed by atoms with Gasteiger partial charge in [-0.25, -0.2) is 4.98 Å². The largest absolute Gasteiger partial charge is 0.495 e. The molecule has 0 aliphatic rings. The Morgan fingerprint density at radius 3 is 2.50 bits per heavy atom. The van der Waals surface area contributed by atoms with E-state index in [1.165, 1.54) is 0 Å². The van der Waals surface area contributed by atoms with E-state index in [4.69, 9.17) is 32.7 Å². The quantitative estimate of drug-likeness (QED) is 0.467. The van der Waals surface area contributed by atoms with Gasteiger partial charge in [-0.2, -0.15) is 0 Å². The first kappa shape index (κ1) is 16.6. The van der Waals surface area contributed by atoms with Gasteiger partial charge in [0.25, 0.3) is 0 Å². The SMILES string of the molecule is COc1cc(N=Cc2cc3ccccc3nc2Cl)c(OC)cc1Cl. The van der Waals surface area contributed by atoms with E-state index >= 15 is 0 Å². The molecule has 24 heavy (non-hydrogen) atoms. The van der Waals surface area contributed by atoms with Crippen LogP contribution in [-0.2, 0) is 0 Å². The number of methoxy groups -OCH3 is 2. The van der Waals surface area contributed by atoms with Gasteiger partial charge in [-0.1, -0.05) is 41.4 Å². The second kappa shape index (κ2) is 7.07. The van der Waals surface area contributed by atoms with Crippen molar-refractivity contribution in [2.45, 2.75) is 0 Å². The van der Waals surface area contributed by atoms with Crippen LogP contribution in [0.1, 0.15) is 5.56 Å². The summed E-state index contributed by atoms with van der Waals surface area (Å²) in [5.74, 6) is 1.06. The predicted molar refractivity (Wildman–Crippen MR) is 98.6 cm³/mol. The van der Waals surface area contributed by atoms with E-state index in [1.807, 2.05) is 30.3 Å². The summed E-state index contributed by atoms with van der Waals surface area (Å²) in [6.45, 7) is 0. The Morgan fingerprint density at radius 2 is 1.75 bits per heavy atom. The van der Waals surface area contributed by atoms with Gasteiger partial charge in [0.15, 0.2) is 0 Å². The third kappa shape index (κ3) is 3.30.